The first-order valence-corrected chi connectivity index (χ1v) is 21.3. The number of hydrogen-bond donors (Lipinski definition) is 0. The number of carbonyl (C=O) groups excluding carboxylic acids is 1. The molecule has 274 valence electrons. The van der Waals surface area contributed by atoms with Crippen LogP contribution < -0.4 is 0 Å². The molecule has 0 amide bonds. The fourth-order valence-electron chi connectivity index (χ4n) is 14.8. The molecule has 6 fully saturated rings. The SMILES string of the molecule is C=C(C)[C@@H]1CC[C@]2(CCCCCCCN3CCCC3)CC[C@]3(C)[C@H](CC[C@@H]4[C@@]5(C)CC[C@H](OC(=O)CC(C)C)C(C)(C)[C@@H]5CC[C@]43C)[C@@H]12. The number of rotatable bonds is 12. The molecule has 0 N–H and O–H groups in total. The van der Waals surface area contributed by atoms with Gasteiger partial charge in [-0.1, -0.05) is 86.3 Å². The van der Waals surface area contributed by atoms with Crippen LogP contribution in [0.25, 0.3) is 0 Å². The van der Waals surface area contributed by atoms with Gasteiger partial charge in [0.2, 0.25) is 0 Å². The van der Waals surface area contributed by atoms with Crippen molar-refractivity contribution in [2.45, 2.75) is 183 Å². The summed E-state index contributed by atoms with van der Waals surface area (Å²) in [4.78, 5) is 15.6. The number of esters is 1. The molecule has 6 aliphatic rings. The van der Waals surface area contributed by atoms with Crippen LogP contribution in [0, 0.1) is 62.6 Å². The van der Waals surface area contributed by atoms with Crippen LogP contribution in [0.15, 0.2) is 12.2 Å². The number of ether oxygens (including phenoxy) is 1. The van der Waals surface area contributed by atoms with Gasteiger partial charge in [0.25, 0.3) is 0 Å². The Kier molecular flexibility index (Phi) is 10.7. The molecule has 1 aliphatic heterocycles. The van der Waals surface area contributed by atoms with E-state index in [9.17, 15) is 4.79 Å². The molecule has 3 heteroatoms. The van der Waals surface area contributed by atoms with E-state index in [0.717, 1.165) is 30.1 Å². The van der Waals surface area contributed by atoms with E-state index < -0.39 is 0 Å². The fraction of sp³-hybridized carbons (Fsp3) is 0.933. The lowest BCUT2D eigenvalue weighted by Crippen LogP contribution is -2.66. The number of allylic oxidation sites excluding steroid dienone is 1. The van der Waals surface area contributed by atoms with Crippen LogP contribution in [0.3, 0.4) is 0 Å². The van der Waals surface area contributed by atoms with Crippen LogP contribution in [0.1, 0.15) is 177 Å². The zero-order chi connectivity index (χ0) is 34.5. The molecule has 0 aromatic rings. The Morgan fingerprint density at radius 1 is 0.792 bits per heavy atom. The highest BCUT2D eigenvalue weighted by Crippen LogP contribution is 2.78. The van der Waals surface area contributed by atoms with Gasteiger partial charge in [-0.15, -0.1) is 0 Å². The number of hydrogen-bond acceptors (Lipinski definition) is 3. The minimum atomic E-state index is 0.0205. The Morgan fingerprint density at radius 2 is 1.50 bits per heavy atom. The predicted octanol–water partition coefficient (Wildman–Crippen LogP) is 12.0. The molecular weight excluding hydrogens is 587 g/mol. The maximum Gasteiger partial charge on any atom is 0.306 e. The van der Waals surface area contributed by atoms with Crippen LogP contribution in [0.2, 0.25) is 0 Å². The first-order chi connectivity index (χ1) is 22.7. The summed E-state index contributed by atoms with van der Waals surface area (Å²) in [6.07, 6.45) is 25.6. The second-order valence-corrected chi connectivity index (χ2v) is 20.6. The Bertz CT molecular complexity index is 1150. The topological polar surface area (TPSA) is 29.5 Å². The average molecular weight is 664 g/mol. The van der Waals surface area contributed by atoms with Crippen LogP contribution in [0.4, 0.5) is 0 Å². The summed E-state index contributed by atoms with van der Waals surface area (Å²) >= 11 is 0. The van der Waals surface area contributed by atoms with Crippen molar-refractivity contribution in [2.24, 2.45) is 62.6 Å². The molecule has 0 bridgehead atoms. The highest BCUT2D eigenvalue weighted by molar-refractivity contribution is 5.69. The van der Waals surface area contributed by atoms with Crippen molar-refractivity contribution in [1.29, 1.82) is 0 Å². The van der Waals surface area contributed by atoms with Gasteiger partial charge in [0, 0.05) is 11.8 Å². The maximum atomic E-state index is 12.9. The second-order valence-electron chi connectivity index (χ2n) is 20.6. The van der Waals surface area contributed by atoms with Crippen LogP contribution >= 0.6 is 0 Å². The third-order valence-electron chi connectivity index (χ3n) is 17.4. The molecule has 5 aliphatic carbocycles. The van der Waals surface area contributed by atoms with Gasteiger partial charge in [-0.3, -0.25) is 4.79 Å². The lowest BCUT2D eigenvalue weighted by atomic mass is 9.32. The van der Waals surface area contributed by atoms with Crippen molar-refractivity contribution in [3.8, 4) is 0 Å². The lowest BCUT2D eigenvalue weighted by Gasteiger charge is -2.73. The highest BCUT2D eigenvalue weighted by Gasteiger charge is 2.70. The normalized spacial score (nSPS) is 43.7. The summed E-state index contributed by atoms with van der Waals surface area (Å²) in [7, 11) is 0. The molecule has 0 spiro atoms. The molecule has 10 atom stereocenters. The lowest BCUT2D eigenvalue weighted by molar-refractivity contribution is -0.250. The Morgan fingerprint density at radius 3 is 2.21 bits per heavy atom. The molecular formula is C45H77NO2. The fourth-order valence-corrected chi connectivity index (χ4v) is 14.8. The number of likely N-dealkylation sites (tertiary alicyclic amines) is 1. The van der Waals surface area contributed by atoms with E-state index in [1.807, 2.05) is 0 Å². The van der Waals surface area contributed by atoms with E-state index in [4.69, 9.17) is 4.74 Å². The van der Waals surface area contributed by atoms with Crippen molar-refractivity contribution >= 4 is 5.97 Å². The van der Waals surface area contributed by atoms with Crippen molar-refractivity contribution in [2.75, 3.05) is 19.6 Å². The Balaban J connectivity index is 1.15. The van der Waals surface area contributed by atoms with Crippen LogP contribution in [-0.4, -0.2) is 36.6 Å². The molecule has 3 nitrogen and oxygen atoms in total. The van der Waals surface area contributed by atoms with E-state index in [2.05, 4.69) is 66.9 Å². The van der Waals surface area contributed by atoms with Gasteiger partial charge in [0.15, 0.2) is 0 Å². The molecule has 5 saturated carbocycles. The summed E-state index contributed by atoms with van der Waals surface area (Å²) in [6, 6.07) is 0. The third kappa shape index (κ3) is 6.31. The largest absolute Gasteiger partial charge is 0.462 e. The monoisotopic (exact) mass is 664 g/mol. The van der Waals surface area contributed by atoms with E-state index in [0.29, 0.717) is 39.9 Å². The second kappa shape index (κ2) is 14.0. The molecule has 0 unspecified atom stereocenters. The van der Waals surface area contributed by atoms with E-state index >= 15 is 0 Å². The van der Waals surface area contributed by atoms with E-state index in [-0.39, 0.29) is 17.5 Å². The van der Waals surface area contributed by atoms with Gasteiger partial charge in [-0.2, -0.15) is 0 Å². The van der Waals surface area contributed by atoms with Gasteiger partial charge < -0.3 is 9.64 Å². The first kappa shape index (κ1) is 36.9. The molecule has 48 heavy (non-hydrogen) atoms. The smallest absolute Gasteiger partial charge is 0.306 e. The highest BCUT2D eigenvalue weighted by atomic mass is 16.5. The van der Waals surface area contributed by atoms with Gasteiger partial charge in [-0.25, -0.2) is 0 Å². The van der Waals surface area contributed by atoms with Gasteiger partial charge in [-0.05, 0) is 174 Å². The van der Waals surface area contributed by atoms with E-state index in [1.165, 1.54) is 134 Å². The zero-order valence-corrected chi connectivity index (χ0v) is 33.1. The third-order valence-corrected chi connectivity index (χ3v) is 17.4. The molecule has 0 radical (unpaired) electrons. The van der Waals surface area contributed by atoms with Crippen LogP contribution in [-0.2, 0) is 9.53 Å². The van der Waals surface area contributed by atoms with Gasteiger partial charge in [0.05, 0.1) is 0 Å². The van der Waals surface area contributed by atoms with Crippen LogP contribution in [0.5, 0.6) is 0 Å². The van der Waals surface area contributed by atoms with Crippen molar-refractivity contribution < 1.29 is 9.53 Å². The molecule has 6 rings (SSSR count). The molecule has 0 aromatic heterocycles. The Hall–Kier alpha value is -0.830. The number of fused-ring (bicyclic) bond motifs is 7. The molecule has 0 aromatic carbocycles. The standard InChI is InChI=1S/C45H77NO2/c1-32(2)31-39(47)48-38-21-23-42(7)36(41(38,5)6)20-24-44(9)37(42)18-17-35-40-34(33(3)4)19-25-45(40,27-26-43(35,44)8)22-13-11-10-12-14-28-46-29-15-16-30-46/h32,34-38,40H,3,10-31H2,1-2,4-9H3/t34-,35+,36-,37+,38-,40+,42-,43+,44+,45+/m0/s1. The minimum Gasteiger partial charge on any atom is -0.462 e. The summed E-state index contributed by atoms with van der Waals surface area (Å²) < 4.78 is 6.30. The van der Waals surface area contributed by atoms with Gasteiger partial charge >= 0.3 is 5.97 Å². The van der Waals surface area contributed by atoms with Crippen molar-refractivity contribution in [3.63, 3.8) is 0 Å². The zero-order valence-electron chi connectivity index (χ0n) is 33.1. The predicted molar refractivity (Wildman–Crippen MR) is 202 cm³/mol. The summed E-state index contributed by atoms with van der Waals surface area (Å²) in [6.45, 7) is 28.5. The minimum absolute atomic E-state index is 0.0205. The quantitative estimate of drug-likeness (QED) is 0.118. The summed E-state index contributed by atoms with van der Waals surface area (Å²) in [5, 5.41) is 0. The van der Waals surface area contributed by atoms with E-state index in [1.54, 1.807) is 0 Å². The summed E-state index contributed by atoms with van der Waals surface area (Å²) in [5.74, 6) is 4.20. The summed E-state index contributed by atoms with van der Waals surface area (Å²) in [5.41, 5.74) is 3.22. The first-order valence-electron chi connectivity index (χ1n) is 21.3. The molecule has 1 heterocycles. The maximum absolute atomic E-state index is 12.9. The van der Waals surface area contributed by atoms with Gasteiger partial charge in [0.1, 0.15) is 6.10 Å². The molecule has 1 saturated heterocycles. The Labute approximate surface area is 297 Å². The average Bonchev–Trinajstić information content (AvgIpc) is 3.67. The number of nitrogens with zero attached hydrogens (tertiary/aromatic N) is 1. The van der Waals surface area contributed by atoms with Crippen molar-refractivity contribution in [3.05, 3.63) is 12.2 Å². The van der Waals surface area contributed by atoms with Crippen molar-refractivity contribution in [1.82, 2.24) is 4.90 Å². The number of unbranched alkanes of at least 4 members (excludes halogenated alkanes) is 4. The number of carbonyl (C=O) groups is 1.